The van der Waals surface area contributed by atoms with Gasteiger partial charge in [-0.3, -0.25) is 24.0 Å². The van der Waals surface area contributed by atoms with Gasteiger partial charge in [0, 0.05) is 6.42 Å². The number of unbranched alkanes of at least 4 members (excludes halogenated alkanes) is 1. The Morgan fingerprint density at radius 3 is 1.83 bits per heavy atom. The number of hydrogen-bond donors (Lipinski definition) is 8. The van der Waals surface area contributed by atoms with Gasteiger partial charge in [0.1, 0.15) is 18.1 Å². The lowest BCUT2D eigenvalue weighted by molar-refractivity contribution is -0.144. The second kappa shape index (κ2) is 16.4. The Morgan fingerprint density at radius 1 is 0.800 bits per heavy atom. The zero-order valence-corrected chi connectivity index (χ0v) is 20.1. The molecule has 0 aromatic heterocycles. The van der Waals surface area contributed by atoms with E-state index < -0.39 is 72.6 Å². The number of hydrogen-bond acceptors (Lipinski definition) is 8. The van der Waals surface area contributed by atoms with E-state index in [2.05, 4.69) is 16.0 Å². The Bertz CT molecular complexity index is 760. The monoisotopic (exact) mass is 502 g/mol. The number of amides is 4. The fourth-order valence-electron chi connectivity index (χ4n) is 3.10. The molecule has 0 saturated heterocycles. The predicted molar refractivity (Wildman–Crippen MR) is 124 cm³/mol. The maximum atomic E-state index is 13.0. The van der Waals surface area contributed by atoms with Crippen molar-refractivity contribution in [3.05, 3.63) is 0 Å². The first-order valence-corrected chi connectivity index (χ1v) is 11.4. The Balaban J connectivity index is 5.52. The third-order valence-electron chi connectivity index (χ3n) is 4.95. The van der Waals surface area contributed by atoms with Crippen LogP contribution in [0.4, 0.5) is 0 Å². The molecule has 0 rings (SSSR count). The normalized spacial score (nSPS) is 14.3. The summed E-state index contributed by atoms with van der Waals surface area (Å²) in [6.45, 7) is 4.07. The van der Waals surface area contributed by atoms with Crippen LogP contribution in [0.3, 0.4) is 0 Å². The zero-order valence-electron chi connectivity index (χ0n) is 20.1. The van der Waals surface area contributed by atoms with Gasteiger partial charge >= 0.3 is 11.9 Å². The van der Waals surface area contributed by atoms with E-state index in [0.717, 1.165) is 0 Å². The molecular formula is C21H38N6O8. The van der Waals surface area contributed by atoms with Crippen LogP contribution in [0, 0.1) is 5.92 Å². The average molecular weight is 503 g/mol. The molecule has 4 amide bonds. The number of carboxylic acid groups (broad SMARTS) is 2. The Kier molecular flexibility index (Phi) is 14.9. The Hall–Kier alpha value is -3.26. The molecule has 0 aliphatic heterocycles. The van der Waals surface area contributed by atoms with Crippen molar-refractivity contribution in [3.8, 4) is 0 Å². The first-order chi connectivity index (χ1) is 16.3. The summed E-state index contributed by atoms with van der Waals surface area (Å²) in [4.78, 5) is 71.5. The molecule has 4 atom stereocenters. The molecule has 0 bridgehead atoms. The van der Waals surface area contributed by atoms with Crippen LogP contribution in [0.2, 0.25) is 0 Å². The number of carboxylic acids is 2. The van der Waals surface area contributed by atoms with Crippen molar-refractivity contribution < 1.29 is 39.0 Å². The number of aliphatic carboxylic acids is 2. The number of carbonyl (C=O) groups is 6. The van der Waals surface area contributed by atoms with Crippen LogP contribution in [0.25, 0.3) is 0 Å². The standard InChI is InChI=1S/C21H38N6O8/c1-11(2)9-14(26-18(31)12(23)5-3-4-8-22)20(33)25-13(6-7-17(29)30)19(32)27-15(21(34)35)10-16(24)28/h11-15H,3-10,22-23H2,1-2H3,(H2,24,28)(H,25,33)(H,26,31)(H,27,32)(H,29,30)(H,34,35). The zero-order chi connectivity index (χ0) is 27.1. The van der Waals surface area contributed by atoms with Crippen LogP contribution in [0.5, 0.6) is 0 Å². The van der Waals surface area contributed by atoms with E-state index in [0.29, 0.717) is 25.8 Å². The van der Waals surface area contributed by atoms with Crippen molar-refractivity contribution in [1.82, 2.24) is 16.0 Å². The lowest BCUT2D eigenvalue weighted by Gasteiger charge is -2.25. The van der Waals surface area contributed by atoms with Gasteiger partial charge in [0.2, 0.25) is 23.6 Å². The minimum atomic E-state index is -1.66. The molecule has 0 aliphatic rings. The van der Waals surface area contributed by atoms with E-state index in [1.54, 1.807) is 0 Å². The van der Waals surface area contributed by atoms with Gasteiger partial charge in [-0.25, -0.2) is 4.79 Å². The van der Waals surface area contributed by atoms with Crippen molar-refractivity contribution in [1.29, 1.82) is 0 Å². The number of primary amides is 1. The molecule has 0 aromatic rings. The molecule has 0 aromatic carbocycles. The summed E-state index contributed by atoms with van der Waals surface area (Å²) in [5.74, 6) is -6.16. The van der Waals surface area contributed by atoms with Gasteiger partial charge in [0.05, 0.1) is 12.5 Å². The molecule has 0 heterocycles. The fraction of sp³-hybridized carbons (Fsp3) is 0.714. The van der Waals surface area contributed by atoms with Crippen molar-refractivity contribution >= 4 is 35.6 Å². The van der Waals surface area contributed by atoms with Crippen LogP contribution < -0.4 is 33.2 Å². The van der Waals surface area contributed by atoms with Crippen LogP contribution in [-0.2, 0) is 28.8 Å². The van der Waals surface area contributed by atoms with Crippen molar-refractivity contribution in [2.45, 2.75) is 83.0 Å². The SMILES string of the molecule is CC(C)CC(NC(=O)C(N)CCCCN)C(=O)NC(CCC(=O)O)C(=O)NC(CC(N)=O)C(=O)O. The van der Waals surface area contributed by atoms with Crippen LogP contribution in [0.1, 0.15) is 58.8 Å². The van der Waals surface area contributed by atoms with E-state index in [-0.39, 0.29) is 18.8 Å². The van der Waals surface area contributed by atoms with E-state index in [1.165, 1.54) is 0 Å². The van der Waals surface area contributed by atoms with Gasteiger partial charge in [0.25, 0.3) is 0 Å². The van der Waals surface area contributed by atoms with Crippen molar-refractivity contribution in [2.24, 2.45) is 23.1 Å². The summed E-state index contributed by atoms with van der Waals surface area (Å²) in [5.41, 5.74) is 16.3. The van der Waals surface area contributed by atoms with Crippen molar-refractivity contribution in [3.63, 3.8) is 0 Å². The van der Waals surface area contributed by atoms with Gasteiger partial charge in [0.15, 0.2) is 0 Å². The predicted octanol–water partition coefficient (Wildman–Crippen LogP) is -2.23. The molecule has 0 saturated carbocycles. The molecule has 0 aliphatic carbocycles. The summed E-state index contributed by atoms with van der Waals surface area (Å²) in [6.07, 6.45) is 0.285. The second-order valence-corrected chi connectivity index (χ2v) is 8.65. The number of nitrogens with one attached hydrogen (secondary N) is 3. The lowest BCUT2D eigenvalue weighted by atomic mass is 10.0. The van der Waals surface area contributed by atoms with Gasteiger partial charge in [-0.05, 0) is 38.1 Å². The quantitative estimate of drug-likeness (QED) is 0.0935. The maximum absolute atomic E-state index is 13.0. The number of rotatable bonds is 18. The first-order valence-electron chi connectivity index (χ1n) is 11.4. The first kappa shape index (κ1) is 31.7. The molecular weight excluding hydrogens is 464 g/mol. The van der Waals surface area contributed by atoms with Crippen LogP contribution in [-0.4, -0.2) is 76.5 Å². The highest BCUT2D eigenvalue weighted by Crippen LogP contribution is 2.09. The van der Waals surface area contributed by atoms with Crippen LogP contribution >= 0.6 is 0 Å². The van der Waals surface area contributed by atoms with Crippen LogP contribution in [0.15, 0.2) is 0 Å². The largest absolute Gasteiger partial charge is 0.481 e. The third-order valence-corrected chi connectivity index (χ3v) is 4.95. The topological polar surface area (TPSA) is 257 Å². The molecule has 200 valence electrons. The lowest BCUT2D eigenvalue weighted by Crippen LogP contribution is -2.57. The van der Waals surface area contributed by atoms with Gasteiger partial charge in [-0.1, -0.05) is 20.3 Å². The Morgan fingerprint density at radius 2 is 1.34 bits per heavy atom. The summed E-state index contributed by atoms with van der Waals surface area (Å²) in [7, 11) is 0. The highest BCUT2D eigenvalue weighted by molar-refractivity contribution is 5.95. The summed E-state index contributed by atoms with van der Waals surface area (Å²) < 4.78 is 0. The highest BCUT2D eigenvalue weighted by atomic mass is 16.4. The number of nitrogens with two attached hydrogens (primary N) is 3. The molecule has 14 nitrogen and oxygen atoms in total. The van der Waals surface area contributed by atoms with E-state index >= 15 is 0 Å². The maximum Gasteiger partial charge on any atom is 0.326 e. The molecule has 4 unspecified atom stereocenters. The summed E-state index contributed by atoms with van der Waals surface area (Å²) in [6, 6.07) is -5.07. The molecule has 0 radical (unpaired) electrons. The van der Waals surface area contributed by atoms with E-state index in [1.807, 2.05) is 13.8 Å². The molecule has 11 N–H and O–H groups in total. The molecule has 0 spiro atoms. The molecule has 0 fully saturated rings. The average Bonchev–Trinajstić information content (AvgIpc) is 2.74. The number of carbonyl (C=O) groups excluding carboxylic acids is 4. The third kappa shape index (κ3) is 13.9. The second-order valence-electron chi connectivity index (χ2n) is 8.65. The summed E-state index contributed by atoms with van der Waals surface area (Å²) >= 11 is 0. The highest BCUT2D eigenvalue weighted by Gasteiger charge is 2.31. The van der Waals surface area contributed by atoms with Gasteiger partial charge < -0.3 is 43.4 Å². The molecule has 14 heteroatoms. The smallest absolute Gasteiger partial charge is 0.326 e. The van der Waals surface area contributed by atoms with Crippen molar-refractivity contribution in [2.75, 3.05) is 6.54 Å². The van der Waals surface area contributed by atoms with E-state index in [9.17, 15) is 33.9 Å². The minimum Gasteiger partial charge on any atom is -0.481 e. The van der Waals surface area contributed by atoms with E-state index in [4.69, 9.17) is 22.3 Å². The van der Waals surface area contributed by atoms with Gasteiger partial charge in [-0.2, -0.15) is 0 Å². The molecule has 35 heavy (non-hydrogen) atoms. The Labute approximate surface area is 203 Å². The fourth-order valence-corrected chi connectivity index (χ4v) is 3.10. The van der Waals surface area contributed by atoms with Gasteiger partial charge in [-0.15, -0.1) is 0 Å². The minimum absolute atomic E-state index is 0.0437. The summed E-state index contributed by atoms with van der Waals surface area (Å²) in [5, 5.41) is 25.2.